The number of aliphatic hydroxyl groups is 1. The van der Waals surface area contributed by atoms with Crippen LogP contribution in [0.15, 0.2) is 90.1 Å². The number of aromatic nitrogens is 2. The molecule has 10 rings (SSSR count). The molecule has 68 heavy (non-hydrogen) atoms. The number of nitro benzene ring substituents is 1. The number of anilines is 2. The number of fused-ring (bicyclic) bond motifs is 1. The molecule has 5 fully saturated rings. The molecule has 4 N–H and O–H groups in total. The summed E-state index contributed by atoms with van der Waals surface area (Å²) in [5, 5.41) is 26.3. The Labute approximate surface area is 392 Å². The van der Waals surface area contributed by atoms with E-state index in [0.717, 1.165) is 74.1 Å². The summed E-state index contributed by atoms with van der Waals surface area (Å²) in [6.07, 6.45) is 7.25. The number of ether oxygens (including phenoxy) is 1. The number of hydrogen-bond acceptors (Lipinski definition) is 11. The number of piperidine rings is 1. The number of rotatable bonds is 13. The van der Waals surface area contributed by atoms with Gasteiger partial charge in [0.25, 0.3) is 21.6 Å². The summed E-state index contributed by atoms with van der Waals surface area (Å²) < 4.78 is 78.7. The van der Waals surface area contributed by atoms with Gasteiger partial charge in [-0.15, -0.1) is 0 Å². The molecular formula is C50H56F3N7O7S. The summed E-state index contributed by atoms with van der Waals surface area (Å²) in [7, 11) is -4.62. The van der Waals surface area contributed by atoms with E-state index in [1.807, 2.05) is 24.3 Å². The van der Waals surface area contributed by atoms with E-state index in [1.54, 1.807) is 31.3 Å². The smallest absolute Gasteiger partial charge is 0.393 e. The van der Waals surface area contributed by atoms with Crippen LogP contribution in [-0.4, -0.2) is 83.2 Å². The van der Waals surface area contributed by atoms with Crippen LogP contribution in [0.4, 0.5) is 30.2 Å². The van der Waals surface area contributed by atoms with Crippen LogP contribution >= 0.6 is 0 Å². The number of H-pyrrole nitrogens is 1. The van der Waals surface area contributed by atoms with Crippen LogP contribution in [-0.2, 0) is 10.0 Å². The number of nitrogens with one attached hydrogen (secondary N) is 3. The highest BCUT2D eigenvalue weighted by Crippen LogP contribution is 2.57. The number of alkyl halides is 3. The van der Waals surface area contributed by atoms with Gasteiger partial charge in [0.05, 0.1) is 33.1 Å². The van der Waals surface area contributed by atoms with Crippen molar-refractivity contribution in [2.45, 2.75) is 112 Å². The Morgan fingerprint density at radius 3 is 2.43 bits per heavy atom. The van der Waals surface area contributed by atoms with Crippen LogP contribution in [0, 0.1) is 27.4 Å². The van der Waals surface area contributed by atoms with Crippen LogP contribution in [0.2, 0.25) is 0 Å². The van der Waals surface area contributed by atoms with Gasteiger partial charge in [-0.2, -0.15) is 13.2 Å². The number of aromatic amines is 1. The molecule has 5 aliphatic rings. The third kappa shape index (κ3) is 9.51. The minimum atomic E-state index is -4.62. The molecule has 0 radical (unpaired) electrons. The molecule has 1 spiro atoms. The second-order valence-electron chi connectivity index (χ2n) is 20.2. The Kier molecular flexibility index (Phi) is 12.0. The first kappa shape index (κ1) is 46.0. The van der Waals surface area contributed by atoms with Gasteiger partial charge in [-0.3, -0.25) is 19.8 Å². The van der Waals surface area contributed by atoms with Crippen molar-refractivity contribution in [3.05, 3.63) is 112 Å². The van der Waals surface area contributed by atoms with E-state index >= 15 is 0 Å². The van der Waals surface area contributed by atoms with Crippen molar-refractivity contribution in [1.29, 1.82) is 0 Å². The molecular weight excluding hydrogens is 900 g/mol. The maximum atomic E-state index is 14.3. The number of halogens is 3. The summed E-state index contributed by atoms with van der Waals surface area (Å²) in [6.45, 7) is 3.55. The lowest BCUT2D eigenvalue weighted by molar-refractivity contribution is -0.384. The first-order chi connectivity index (χ1) is 32.4. The molecule has 18 heteroatoms. The van der Waals surface area contributed by atoms with Crippen molar-refractivity contribution in [2.75, 3.05) is 36.4 Å². The number of pyridine rings is 1. The lowest BCUT2D eigenvalue weighted by atomic mass is 9.59. The predicted octanol–water partition coefficient (Wildman–Crippen LogP) is 9.99. The SMILES string of the molecule is CC1(O)CCC(CNc2ccc(S(=O)(=O)NC(=O)c3ccc(N4CCC5(CC4)CC(N4CC(C(F)(F)F)CC4c4ccccc4C4CC4)C5)cc3Oc3cnc4[nH]ccc4c3)cc2[N+](=O)[O-])CC1. The number of hydrogen-bond donors (Lipinski definition) is 4. The number of likely N-dealkylation sites (tertiary alicyclic amines) is 1. The number of sulfonamides is 1. The molecule has 2 unspecified atom stereocenters. The van der Waals surface area contributed by atoms with Crippen LogP contribution in [0.5, 0.6) is 11.5 Å². The van der Waals surface area contributed by atoms with Crippen LogP contribution in [0.1, 0.15) is 111 Å². The van der Waals surface area contributed by atoms with Gasteiger partial charge >= 0.3 is 6.18 Å². The average Bonchev–Trinajstić information content (AvgIpc) is 3.86. The highest BCUT2D eigenvalue weighted by Gasteiger charge is 2.55. The van der Waals surface area contributed by atoms with Crippen molar-refractivity contribution in [3.63, 3.8) is 0 Å². The van der Waals surface area contributed by atoms with Gasteiger partial charge in [0.2, 0.25) is 0 Å². The largest absolute Gasteiger partial charge is 0.455 e. The van der Waals surface area contributed by atoms with Crippen LogP contribution in [0.3, 0.4) is 0 Å². The normalized spacial score (nSPS) is 24.5. The Hall–Kier alpha value is -5.72. The molecule has 2 aromatic heterocycles. The first-order valence-corrected chi connectivity index (χ1v) is 25.1. The molecule has 0 bridgehead atoms. The summed E-state index contributed by atoms with van der Waals surface area (Å²) in [4.78, 5) is 36.8. The Bertz CT molecular complexity index is 2820. The van der Waals surface area contributed by atoms with Crippen molar-refractivity contribution in [3.8, 4) is 11.5 Å². The van der Waals surface area contributed by atoms with Gasteiger partial charge in [0, 0.05) is 67.7 Å². The zero-order valence-corrected chi connectivity index (χ0v) is 38.6. The van der Waals surface area contributed by atoms with E-state index in [-0.39, 0.29) is 53.4 Å². The lowest BCUT2D eigenvalue weighted by Gasteiger charge is -2.56. The van der Waals surface area contributed by atoms with Crippen LogP contribution in [0.25, 0.3) is 11.0 Å². The maximum Gasteiger partial charge on any atom is 0.393 e. The van der Waals surface area contributed by atoms with E-state index in [0.29, 0.717) is 49.8 Å². The third-order valence-electron chi connectivity index (χ3n) is 15.4. The number of carbonyl (C=O) groups excluding carboxylic acids is 1. The molecule has 5 aromatic rings. The zero-order chi connectivity index (χ0) is 47.6. The Balaban J connectivity index is 0.840. The molecule has 2 saturated heterocycles. The zero-order valence-electron chi connectivity index (χ0n) is 37.8. The van der Waals surface area contributed by atoms with Gasteiger partial charge in [-0.05, 0) is 142 Å². The Morgan fingerprint density at radius 2 is 1.72 bits per heavy atom. The molecule has 3 aliphatic carbocycles. The summed E-state index contributed by atoms with van der Waals surface area (Å²) in [5.74, 6) is -1.38. The van der Waals surface area contributed by atoms with E-state index in [9.17, 15) is 41.6 Å². The first-order valence-electron chi connectivity index (χ1n) is 23.7. The van der Waals surface area contributed by atoms with Crippen molar-refractivity contribution < 1.29 is 41.2 Å². The predicted molar refractivity (Wildman–Crippen MR) is 250 cm³/mol. The molecule has 360 valence electrons. The van der Waals surface area contributed by atoms with E-state index in [2.05, 4.69) is 35.9 Å². The van der Waals surface area contributed by atoms with Gasteiger partial charge in [-0.1, -0.05) is 24.3 Å². The lowest BCUT2D eigenvalue weighted by Crippen LogP contribution is -2.55. The van der Waals surface area contributed by atoms with Gasteiger partial charge in [-0.25, -0.2) is 18.1 Å². The fourth-order valence-electron chi connectivity index (χ4n) is 11.3. The van der Waals surface area contributed by atoms with Crippen molar-refractivity contribution in [2.24, 2.45) is 17.3 Å². The van der Waals surface area contributed by atoms with E-state index < -0.39 is 49.1 Å². The molecule has 4 heterocycles. The van der Waals surface area contributed by atoms with Crippen LogP contribution < -0.4 is 19.7 Å². The molecule has 2 aliphatic heterocycles. The number of nitro groups is 1. The molecule has 14 nitrogen and oxygen atoms in total. The number of amides is 1. The fraction of sp³-hybridized carbons (Fsp3) is 0.480. The summed E-state index contributed by atoms with van der Waals surface area (Å²) in [5.41, 5.74) is 2.48. The molecule has 1 amide bonds. The standard InChI is InChI=1S/C50H56F3N7O7S/c1-48(62)15-12-31(13-16-48)28-55-42-11-9-38(25-44(42)60(63)64)68(65,66)57-47(61)41-10-8-35(24-45(41)67-37-22-33-14-19-54-46(33)56-29-37)58-20-17-49(18-21-58)26-36(27-49)59-30-34(50(51,52)53)23-43(59)40-5-3-2-4-39(40)32-6-7-32/h2-5,8-11,14,19,22,24-25,29,31-32,34,36,43,55,62H,6-7,12-13,15-18,20-21,23,26-28,30H2,1H3,(H,54,56)(H,57,61). The van der Waals surface area contributed by atoms with Crippen molar-refractivity contribution >= 4 is 44.0 Å². The van der Waals surface area contributed by atoms with Gasteiger partial charge in [0.1, 0.15) is 22.8 Å². The fourth-order valence-corrected chi connectivity index (χ4v) is 12.3. The minimum absolute atomic E-state index is 0.00500. The summed E-state index contributed by atoms with van der Waals surface area (Å²) >= 11 is 0. The minimum Gasteiger partial charge on any atom is -0.455 e. The number of benzene rings is 3. The highest BCUT2D eigenvalue weighted by molar-refractivity contribution is 7.90. The average molecular weight is 956 g/mol. The van der Waals surface area contributed by atoms with Crippen molar-refractivity contribution in [1.82, 2.24) is 19.6 Å². The second kappa shape index (κ2) is 17.7. The molecule has 3 saturated carbocycles. The van der Waals surface area contributed by atoms with Gasteiger partial charge < -0.3 is 25.0 Å². The molecule has 2 atom stereocenters. The Morgan fingerprint density at radius 1 is 0.985 bits per heavy atom. The quantitative estimate of drug-likeness (QED) is 0.0651. The number of carbonyl (C=O) groups is 1. The third-order valence-corrected chi connectivity index (χ3v) is 16.8. The monoisotopic (exact) mass is 955 g/mol. The van der Waals surface area contributed by atoms with E-state index in [4.69, 9.17) is 4.74 Å². The molecule has 3 aromatic carbocycles. The summed E-state index contributed by atoms with van der Waals surface area (Å²) in [6, 6.07) is 19.8. The second-order valence-corrected chi connectivity index (χ2v) is 21.9. The maximum absolute atomic E-state index is 14.3. The van der Waals surface area contributed by atoms with Gasteiger partial charge in [0.15, 0.2) is 0 Å². The number of nitrogens with zero attached hydrogens (tertiary/aromatic N) is 4. The highest BCUT2D eigenvalue weighted by atomic mass is 32.2. The topological polar surface area (TPSA) is 183 Å². The van der Waals surface area contributed by atoms with E-state index in [1.165, 1.54) is 30.0 Å².